The minimum Gasteiger partial charge on any atom is -0.356 e. The number of likely N-dealkylation sites (tertiary alicyclic amines) is 2. The van der Waals surface area contributed by atoms with Crippen molar-refractivity contribution >= 4 is 5.96 Å². The van der Waals surface area contributed by atoms with E-state index in [1.165, 1.54) is 30.6 Å². The fraction of sp³-hybridized carbons (Fsp3) is 0.536. The Hall–Kier alpha value is -2.37. The molecule has 2 aliphatic heterocycles. The molecule has 2 N–H and O–H groups in total. The van der Waals surface area contributed by atoms with Gasteiger partial charge in [0.05, 0.1) is 0 Å². The minimum atomic E-state index is 0.490. The molecule has 4 rings (SSSR count). The standard InChI is InChI=1S/C28H41N5/c1-23-19-27(15-18-33(23)22-25-11-7-4-8-12-25)31-28(29-2)30-20-26-14-17-32(21-26)16-13-24-9-5-3-6-10-24/h3-12,23,26-27H,13-22H2,1-2H3,(H2,29,30,31). The van der Waals surface area contributed by atoms with Crippen LogP contribution in [0.4, 0.5) is 0 Å². The Kier molecular flexibility index (Phi) is 8.79. The maximum Gasteiger partial charge on any atom is 0.191 e. The largest absolute Gasteiger partial charge is 0.356 e. The maximum absolute atomic E-state index is 4.52. The Bertz CT molecular complexity index is 853. The Morgan fingerprint density at radius 2 is 1.70 bits per heavy atom. The molecule has 0 spiro atoms. The second-order valence-electron chi connectivity index (χ2n) is 9.81. The number of piperidine rings is 1. The highest BCUT2D eigenvalue weighted by atomic mass is 15.2. The van der Waals surface area contributed by atoms with Gasteiger partial charge in [0.1, 0.15) is 0 Å². The smallest absolute Gasteiger partial charge is 0.191 e. The number of nitrogens with one attached hydrogen (secondary N) is 2. The van der Waals surface area contributed by atoms with Gasteiger partial charge in [0.25, 0.3) is 0 Å². The van der Waals surface area contributed by atoms with E-state index in [0.29, 0.717) is 18.0 Å². The summed E-state index contributed by atoms with van der Waals surface area (Å²) in [6, 6.07) is 22.7. The van der Waals surface area contributed by atoms with Crippen molar-refractivity contribution in [2.45, 2.75) is 51.2 Å². The van der Waals surface area contributed by atoms with Crippen LogP contribution in [0.2, 0.25) is 0 Å². The molecule has 0 saturated carbocycles. The molecule has 2 saturated heterocycles. The Morgan fingerprint density at radius 1 is 0.970 bits per heavy atom. The van der Waals surface area contributed by atoms with Gasteiger partial charge >= 0.3 is 0 Å². The molecule has 2 aliphatic rings. The monoisotopic (exact) mass is 447 g/mol. The molecule has 0 bridgehead atoms. The van der Waals surface area contributed by atoms with Crippen LogP contribution in [0, 0.1) is 5.92 Å². The third-order valence-electron chi connectivity index (χ3n) is 7.29. The van der Waals surface area contributed by atoms with Crippen LogP contribution in [0.5, 0.6) is 0 Å². The quantitative estimate of drug-likeness (QED) is 0.478. The van der Waals surface area contributed by atoms with Crippen molar-refractivity contribution < 1.29 is 0 Å². The summed E-state index contributed by atoms with van der Waals surface area (Å²) in [6.45, 7) is 9.09. The van der Waals surface area contributed by atoms with Crippen molar-refractivity contribution in [3.05, 3.63) is 71.8 Å². The van der Waals surface area contributed by atoms with Gasteiger partial charge in [0.15, 0.2) is 5.96 Å². The van der Waals surface area contributed by atoms with Crippen LogP contribution in [-0.4, -0.2) is 67.6 Å². The van der Waals surface area contributed by atoms with E-state index < -0.39 is 0 Å². The highest BCUT2D eigenvalue weighted by Crippen LogP contribution is 2.20. The highest BCUT2D eigenvalue weighted by molar-refractivity contribution is 5.80. The zero-order valence-corrected chi connectivity index (χ0v) is 20.4. The molecule has 3 unspecified atom stereocenters. The number of aliphatic imine (C=N–C) groups is 1. The fourth-order valence-electron chi connectivity index (χ4n) is 5.25. The lowest BCUT2D eigenvalue weighted by Crippen LogP contribution is -2.51. The van der Waals surface area contributed by atoms with E-state index in [2.05, 4.69) is 93.0 Å². The fourth-order valence-corrected chi connectivity index (χ4v) is 5.25. The van der Waals surface area contributed by atoms with Crippen LogP contribution in [-0.2, 0) is 13.0 Å². The van der Waals surface area contributed by atoms with Gasteiger partial charge in [0, 0.05) is 51.9 Å². The first kappa shape index (κ1) is 23.8. The predicted octanol–water partition coefficient (Wildman–Crippen LogP) is 3.77. The maximum atomic E-state index is 4.52. The molecule has 0 radical (unpaired) electrons. The van der Waals surface area contributed by atoms with Crippen molar-refractivity contribution in [1.29, 1.82) is 0 Å². The third-order valence-corrected chi connectivity index (χ3v) is 7.29. The van der Waals surface area contributed by atoms with Gasteiger partial charge in [-0.3, -0.25) is 9.89 Å². The van der Waals surface area contributed by atoms with Crippen LogP contribution >= 0.6 is 0 Å². The van der Waals surface area contributed by atoms with Crippen molar-refractivity contribution in [1.82, 2.24) is 20.4 Å². The summed E-state index contributed by atoms with van der Waals surface area (Å²) in [5.74, 6) is 1.66. The molecule has 33 heavy (non-hydrogen) atoms. The second-order valence-corrected chi connectivity index (χ2v) is 9.81. The van der Waals surface area contributed by atoms with Crippen molar-refractivity contribution in [3.63, 3.8) is 0 Å². The molecule has 178 valence electrons. The molecule has 3 atom stereocenters. The second kappa shape index (κ2) is 12.2. The number of rotatable bonds is 8. The lowest BCUT2D eigenvalue weighted by atomic mass is 9.97. The Balaban J connectivity index is 1.15. The lowest BCUT2D eigenvalue weighted by molar-refractivity contribution is 0.134. The summed E-state index contributed by atoms with van der Waals surface area (Å²) in [5, 5.41) is 7.32. The summed E-state index contributed by atoms with van der Waals surface area (Å²) in [5.41, 5.74) is 2.84. The topological polar surface area (TPSA) is 42.9 Å². The van der Waals surface area contributed by atoms with Crippen molar-refractivity contribution in [2.75, 3.05) is 39.8 Å². The van der Waals surface area contributed by atoms with E-state index in [-0.39, 0.29) is 0 Å². The van der Waals surface area contributed by atoms with Gasteiger partial charge in [-0.1, -0.05) is 60.7 Å². The highest BCUT2D eigenvalue weighted by Gasteiger charge is 2.27. The molecule has 5 heteroatoms. The zero-order valence-electron chi connectivity index (χ0n) is 20.4. The van der Waals surface area contributed by atoms with Gasteiger partial charge in [-0.25, -0.2) is 0 Å². The molecular formula is C28H41N5. The molecule has 2 heterocycles. The lowest BCUT2D eigenvalue weighted by Gasteiger charge is -2.38. The third kappa shape index (κ3) is 7.31. The number of nitrogens with zero attached hydrogens (tertiary/aromatic N) is 3. The molecule has 0 amide bonds. The average molecular weight is 448 g/mol. The molecule has 0 aromatic heterocycles. The summed E-state index contributed by atoms with van der Waals surface area (Å²) in [7, 11) is 1.89. The number of hydrogen-bond acceptors (Lipinski definition) is 3. The Labute approximate surface area is 200 Å². The molecule has 2 fully saturated rings. The van der Waals surface area contributed by atoms with Crippen molar-refractivity contribution in [3.8, 4) is 0 Å². The normalized spacial score (nSPS) is 24.7. The van der Waals surface area contributed by atoms with Crippen LogP contribution in [0.15, 0.2) is 65.7 Å². The van der Waals surface area contributed by atoms with E-state index in [0.717, 1.165) is 51.4 Å². The zero-order chi connectivity index (χ0) is 22.9. The van der Waals surface area contributed by atoms with Gasteiger partial charge in [-0.2, -0.15) is 0 Å². The number of benzene rings is 2. The first-order chi connectivity index (χ1) is 16.2. The summed E-state index contributed by atoms with van der Waals surface area (Å²) >= 11 is 0. The number of hydrogen-bond donors (Lipinski definition) is 2. The van der Waals surface area contributed by atoms with E-state index >= 15 is 0 Å². The van der Waals surface area contributed by atoms with Gasteiger partial charge < -0.3 is 15.5 Å². The van der Waals surface area contributed by atoms with E-state index in [4.69, 9.17) is 0 Å². The van der Waals surface area contributed by atoms with E-state index in [9.17, 15) is 0 Å². The van der Waals surface area contributed by atoms with E-state index in [1.807, 2.05) is 7.05 Å². The average Bonchev–Trinajstić information content (AvgIpc) is 3.31. The first-order valence-electron chi connectivity index (χ1n) is 12.7. The van der Waals surface area contributed by atoms with Gasteiger partial charge in [0.2, 0.25) is 0 Å². The minimum absolute atomic E-state index is 0.490. The molecular weight excluding hydrogens is 406 g/mol. The van der Waals surface area contributed by atoms with Crippen LogP contribution in [0.3, 0.4) is 0 Å². The van der Waals surface area contributed by atoms with Gasteiger partial charge in [-0.05, 0) is 56.2 Å². The van der Waals surface area contributed by atoms with Gasteiger partial charge in [-0.15, -0.1) is 0 Å². The first-order valence-corrected chi connectivity index (χ1v) is 12.7. The molecule has 5 nitrogen and oxygen atoms in total. The molecule has 0 aliphatic carbocycles. The summed E-state index contributed by atoms with van der Waals surface area (Å²) in [4.78, 5) is 9.73. The molecule has 2 aromatic rings. The summed E-state index contributed by atoms with van der Waals surface area (Å²) in [6.07, 6.45) is 4.73. The number of guanidine groups is 1. The SMILES string of the molecule is CN=C(NCC1CCN(CCc2ccccc2)C1)NC1CCN(Cc2ccccc2)C(C)C1. The molecule has 2 aromatic carbocycles. The van der Waals surface area contributed by atoms with E-state index in [1.54, 1.807) is 0 Å². The Morgan fingerprint density at radius 3 is 2.39 bits per heavy atom. The summed E-state index contributed by atoms with van der Waals surface area (Å²) < 4.78 is 0. The van der Waals surface area contributed by atoms with Crippen LogP contribution in [0.1, 0.15) is 37.3 Å². The van der Waals surface area contributed by atoms with Crippen molar-refractivity contribution in [2.24, 2.45) is 10.9 Å². The predicted molar refractivity (Wildman–Crippen MR) is 139 cm³/mol. The van der Waals surface area contributed by atoms with Crippen LogP contribution in [0.25, 0.3) is 0 Å². The van der Waals surface area contributed by atoms with Crippen LogP contribution < -0.4 is 10.6 Å².